The largest absolute Gasteiger partial charge is 0.484 e. The Labute approximate surface area is 223 Å². The van der Waals surface area contributed by atoms with Crippen LogP contribution in [-0.2, 0) is 19.6 Å². The Morgan fingerprint density at radius 3 is 2.26 bits per heavy atom. The maximum Gasteiger partial charge on any atom is 0.264 e. The van der Waals surface area contributed by atoms with Gasteiger partial charge in [-0.25, -0.2) is 13.8 Å². The highest BCUT2D eigenvalue weighted by Crippen LogP contribution is 2.25. The molecule has 38 heavy (non-hydrogen) atoms. The summed E-state index contributed by atoms with van der Waals surface area (Å²) in [7, 11) is -4.00. The normalized spacial score (nSPS) is 11.4. The maximum absolute atomic E-state index is 13.4. The molecule has 0 aliphatic rings. The van der Waals surface area contributed by atoms with Crippen LogP contribution in [0.2, 0.25) is 0 Å². The summed E-state index contributed by atoms with van der Waals surface area (Å²) in [6.45, 7) is 7.00. The second-order valence-electron chi connectivity index (χ2n) is 8.97. The molecule has 0 unspecified atom stereocenters. The van der Waals surface area contributed by atoms with Gasteiger partial charge in [0.15, 0.2) is 6.61 Å². The van der Waals surface area contributed by atoms with Gasteiger partial charge in [0.1, 0.15) is 12.3 Å². The Balaban J connectivity index is 1.67. The molecule has 10 heteroatoms. The van der Waals surface area contributed by atoms with Crippen molar-refractivity contribution in [2.75, 3.05) is 17.5 Å². The molecule has 2 amide bonds. The molecule has 3 aromatic rings. The predicted molar refractivity (Wildman–Crippen MR) is 148 cm³/mol. The first-order valence-corrected chi connectivity index (χ1v) is 13.5. The van der Waals surface area contributed by atoms with Crippen LogP contribution in [0, 0.1) is 13.8 Å². The van der Waals surface area contributed by atoms with E-state index in [1.807, 2.05) is 33.8 Å². The number of sulfonamides is 1. The van der Waals surface area contributed by atoms with Crippen molar-refractivity contribution < 1.29 is 22.7 Å². The summed E-state index contributed by atoms with van der Waals surface area (Å²) in [4.78, 5) is 24.5. The lowest BCUT2D eigenvalue weighted by Crippen LogP contribution is -2.39. The molecule has 0 spiro atoms. The van der Waals surface area contributed by atoms with E-state index >= 15 is 0 Å². The van der Waals surface area contributed by atoms with Crippen LogP contribution in [0.5, 0.6) is 5.75 Å². The van der Waals surface area contributed by atoms with Crippen LogP contribution in [0.1, 0.15) is 30.5 Å². The van der Waals surface area contributed by atoms with Gasteiger partial charge in [-0.05, 0) is 92.9 Å². The van der Waals surface area contributed by atoms with Crippen LogP contribution >= 0.6 is 0 Å². The van der Waals surface area contributed by atoms with Gasteiger partial charge in [-0.3, -0.25) is 13.9 Å². The zero-order valence-corrected chi connectivity index (χ0v) is 22.7. The summed E-state index contributed by atoms with van der Waals surface area (Å²) in [5, 5.41) is 6.70. The molecule has 0 fully saturated rings. The summed E-state index contributed by atoms with van der Waals surface area (Å²) in [6, 6.07) is 20.0. The number of hydrazone groups is 1. The lowest BCUT2D eigenvalue weighted by atomic mass is 10.1. The van der Waals surface area contributed by atoms with E-state index in [1.165, 1.54) is 18.3 Å². The number of anilines is 1. The summed E-state index contributed by atoms with van der Waals surface area (Å²) >= 11 is 0. The number of carbonyl (C=O) groups excluding carboxylic acids is 2. The van der Waals surface area contributed by atoms with E-state index in [2.05, 4.69) is 15.8 Å². The van der Waals surface area contributed by atoms with Crippen molar-refractivity contribution in [3.05, 3.63) is 89.5 Å². The zero-order valence-electron chi connectivity index (χ0n) is 21.8. The van der Waals surface area contributed by atoms with Gasteiger partial charge in [0.25, 0.3) is 21.8 Å². The fourth-order valence-corrected chi connectivity index (χ4v) is 4.86. The Hall–Kier alpha value is -4.18. The minimum Gasteiger partial charge on any atom is -0.484 e. The Morgan fingerprint density at radius 2 is 1.63 bits per heavy atom. The molecule has 0 bridgehead atoms. The molecule has 0 aliphatic carbocycles. The zero-order chi connectivity index (χ0) is 27.7. The van der Waals surface area contributed by atoms with Gasteiger partial charge in [-0.2, -0.15) is 5.10 Å². The highest BCUT2D eigenvalue weighted by molar-refractivity contribution is 7.92. The summed E-state index contributed by atoms with van der Waals surface area (Å²) in [5.74, 6) is -0.298. The van der Waals surface area contributed by atoms with Crippen molar-refractivity contribution in [3.8, 4) is 5.75 Å². The third-order valence-electron chi connectivity index (χ3n) is 5.50. The molecule has 3 aromatic carbocycles. The first-order valence-electron chi connectivity index (χ1n) is 12.1. The molecular formula is C28H32N4O5S. The third-order valence-corrected chi connectivity index (χ3v) is 7.29. The summed E-state index contributed by atoms with van der Waals surface area (Å²) in [5.41, 5.74) is 5.36. The summed E-state index contributed by atoms with van der Waals surface area (Å²) in [6.07, 6.45) is 1.43. The van der Waals surface area contributed by atoms with E-state index in [9.17, 15) is 18.0 Å². The van der Waals surface area contributed by atoms with Crippen LogP contribution in [0.15, 0.2) is 82.8 Å². The van der Waals surface area contributed by atoms with Crippen molar-refractivity contribution in [3.63, 3.8) is 0 Å². The highest BCUT2D eigenvalue weighted by Gasteiger charge is 2.27. The molecule has 0 saturated heterocycles. The van der Waals surface area contributed by atoms with Crippen LogP contribution in [0.3, 0.4) is 0 Å². The van der Waals surface area contributed by atoms with E-state index in [0.717, 1.165) is 15.4 Å². The number of hydrogen-bond acceptors (Lipinski definition) is 6. The molecule has 0 heterocycles. The van der Waals surface area contributed by atoms with Crippen molar-refractivity contribution in [1.29, 1.82) is 0 Å². The van der Waals surface area contributed by atoms with Crippen LogP contribution in [0.25, 0.3) is 0 Å². The molecular weight excluding hydrogens is 504 g/mol. The number of benzene rings is 3. The fraction of sp³-hybridized carbons (Fsp3) is 0.250. The maximum atomic E-state index is 13.4. The van der Waals surface area contributed by atoms with Crippen molar-refractivity contribution in [2.45, 2.75) is 38.6 Å². The third kappa shape index (κ3) is 7.91. The van der Waals surface area contributed by atoms with Crippen molar-refractivity contribution >= 4 is 33.7 Å². The first kappa shape index (κ1) is 28.4. The number of ether oxygens (including phenoxy) is 1. The number of nitrogens with zero attached hydrogens (tertiary/aromatic N) is 2. The average molecular weight is 537 g/mol. The molecule has 2 N–H and O–H groups in total. The van der Waals surface area contributed by atoms with E-state index < -0.39 is 22.5 Å². The number of rotatable bonds is 11. The van der Waals surface area contributed by atoms with Gasteiger partial charge in [-0.1, -0.05) is 24.3 Å². The average Bonchev–Trinajstić information content (AvgIpc) is 2.88. The molecule has 0 saturated carbocycles. The second kappa shape index (κ2) is 12.9. The molecule has 200 valence electrons. The first-order chi connectivity index (χ1) is 18.1. The van der Waals surface area contributed by atoms with Gasteiger partial charge in [0.05, 0.1) is 16.8 Å². The minimum atomic E-state index is -4.00. The van der Waals surface area contributed by atoms with Crippen LogP contribution < -0.4 is 19.8 Å². The molecule has 0 atom stereocenters. The lowest BCUT2D eigenvalue weighted by Gasteiger charge is -2.24. The van der Waals surface area contributed by atoms with E-state index in [1.54, 1.807) is 54.6 Å². The quantitative estimate of drug-likeness (QED) is 0.287. The standard InChI is InChI=1S/C28H32N4O5S/c1-20(2)30-28(34)19-37-25-14-11-23(12-15-25)17-29-31-27(33)18-32(24-13-10-21(3)22(4)16-24)38(35,36)26-8-6-5-7-9-26/h5-17,20H,18-19H2,1-4H3,(H,30,34)(H,31,33)/b29-17+. The van der Waals surface area contributed by atoms with Gasteiger partial charge < -0.3 is 10.1 Å². The second-order valence-corrected chi connectivity index (χ2v) is 10.8. The van der Waals surface area contributed by atoms with Gasteiger partial charge >= 0.3 is 0 Å². The Bertz CT molecular complexity index is 1390. The highest BCUT2D eigenvalue weighted by atomic mass is 32.2. The number of hydrogen-bond donors (Lipinski definition) is 2. The number of nitrogens with one attached hydrogen (secondary N) is 2. The van der Waals surface area contributed by atoms with Crippen LogP contribution in [-0.4, -0.2) is 45.6 Å². The minimum absolute atomic E-state index is 0.0337. The molecule has 9 nitrogen and oxygen atoms in total. The number of amides is 2. The Kier molecular flexibility index (Phi) is 9.61. The number of aryl methyl sites for hydroxylation is 2. The molecule has 3 rings (SSSR count). The van der Waals surface area contributed by atoms with Crippen LogP contribution in [0.4, 0.5) is 5.69 Å². The van der Waals surface area contributed by atoms with Gasteiger partial charge in [0.2, 0.25) is 0 Å². The van der Waals surface area contributed by atoms with Crippen molar-refractivity contribution in [1.82, 2.24) is 10.7 Å². The smallest absolute Gasteiger partial charge is 0.264 e. The number of carbonyl (C=O) groups is 2. The summed E-state index contributed by atoms with van der Waals surface area (Å²) < 4.78 is 33.3. The predicted octanol–water partition coefficient (Wildman–Crippen LogP) is 3.55. The monoisotopic (exact) mass is 536 g/mol. The van der Waals surface area contributed by atoms with E-state index in [4.69, 9.17) is 4.74 Å². The van der Waals surface area contributed by atoms with Gasteiger partial charge in [-0.15, -0.1) is 0 Å². The molecule has 0 radical (unpaired) electrons. The fourth-order valence-electron chi connectivity index (χ4n) is 3.42. The topological polar surface area (TPSA) is 117 Å². The molecule has 0 aliphatic heterocycles. The van der Waals surface area contributed by atoms with Crippen molar-refractivity contribution in [2.24, 2.45) is 5.10 Å². The molecule has 0 aromatic heterocycles. The lowest BCUT2D eigenvalue weighted by molar-refractivity contribution is -0.123. The van der Waals surface area contributed by atoms with Gasteiger partial charge in [0, 0.05) is 6.04 Å². The SMILES string of the molecule is Cc1ccc(N(CC(=O)N/N=C/c2ccc(OCC(=O)NC(C)C)cc2)S(=O)(=O)c2ccccc2)cc1C. The van der Waals surface area contributed by atoms with E-state index in [0.29, 0.717) is 17.0 Å². The Morgan fingerprint density at radius 1 is 0.947 bits per heavy atom. The van der Waals surface area contributed by atoms with E-state index in [-0.39, 0.29) is 23.5 Å².